The number of carbonyl (C=O) groups excluding carboxylic acids is 1. The van der Waals surface area contributed by atoms with E-state index < -0.39 is 10.0 Å². The van der Waals surface area contributed by atoms with Gasteiger partial charge in [-0.2, -0.15) is 0 Å². The van der Waals surface area contributed by atoms with Gasteiger partial charge in [0.15, 0.2) is 0 Å². The van der Waals surface area contributed by atoms with Crippen molar-refractivity contribution < 1.29 is 13.2 Å². The minimum Gasteiger partial charge on any atom is -0.352 e. The summed E-state index contributed by atoms with van der Waals surface area (Å²) in [6.07, 6.45) is 3.76. The molecule has 0 atom stereocenters. The fourth-order valence-corrected chi connectivity index (χ4v) is 4.14. The first-order valence-corrected chi connectivity index (χ1v) is 10.2. The predicted molar refractivity (Wildman–Crippen MR) is 101 cm³/mol. The SMILES string of the molecule is C=CC(=O)NCCc1ccc(S(=O)(=O)N2CCN(CCCC)C2=N)cc1. The van der Waals surface area contributed by atoms with Crippen LogP contribution in [0.15, 0.2) is 41.8 Å². The molecule has 1 aliphatic heterocycles. The Labute approximate surface area is 155 Å². The molecule has 0 saturated carbocycles. The van der Waals surface area contributed by atoms with Crippen LogP contribution in [-0.4, -0.2) is 55.7 Å². The normalized spacial score (nSPS) is 14.6. The van der Waals surface area contributed by atoms with Gasteiger partial charge < -0.3 is 10.2 Å². The number of carbonyl (C=O) groups is 1. The van der Waals surface area contributed by atoms with Crippen LogP contribution in [0.25, 0.3) is 0 Å². The van der Waals surface area contributed by atoms with E-state index in [1.807, 2.05) is 0 Å². The van der Waals surface area contributed by atoms with Crippen molar-refractivity contribution in [3.05, 3.63) is 42.5 Å². The zero-order chi connectivity index (χ0) is 19.2. The third kappa shape index (κ3) is 4.63. The van der Waals surface area contributed by atoms with Gasteiger partial charge in [-0.05, 0) is 36.6 Å². The molecule has 0 radical (unpaired) electrons. The lowest BCUT2D eigenvalue weighted by Crippen LogP contribution is -2.37. The Morgan fingerprint density at radius 2 is 2.00 bits per heavy atom. The fraction of sp³-hybridized carbons (Fsp3) is 0.444. The molecule has 2 N–H and O–H groups in total. The Morgan fingerprint density at radius 1 is 1.31 bits per heavy atom. The number of hydrogen-bond donors (Lipinski definition) is 2. The summed E-state index contributed by atoms with van der Waals surface area (Å²) in [5, 5.41) is 10.8. The number of nitrogens with one attached hydrogen (secondary N) is 2. The first-order chi connectivity index (χ1) is 12.4. The molecule has 26 heavy (non-hydrogen) atoms. The summed E-state index contributed by atoms with van der Waals surface area (Å²) in [4.78, 5) is 13.1. The van der Waals surface area contributed by atoms with E-state index in [0.29, 0.717) is 32.6 Å². The van der Waals surface area contributed by atoms with Crippen LogP contribution in [0.3, 0.4) is 0 Å². The van der Waals surface area contributed by atoms with E-state index in [1.165, 1.54) is 10.4 Å². The van der Waals surface area contributed by atoms with E-state index in [1.54, 1.807) is 29.2 Å². The van der Waals surface area contributed by atoms with Crippen molar-refractivity contribution in [1.29, 1.82) is 5.41 Å². The summed E-state index contributed by atoms with van der Waals surface area (Å²) < 4.78 is 26.8. The third-order valence-electron chi connectivity index (χ3n) is 4.30. The average Bonchev–Trinajstić information content (AvgIpc) is 3.01. The number of sulfonamides is 1. The number of hydrogen-bond acceptors (Lipinski definition) is 4. The van der Waals surface area contributed by atoms with Crippen LogP contribution >= 0.6 is 0 Å². The average molecular weight is 378 g/mol. The molecule has 7 nitrogen and oxygen atoms in total. The predicted octanol–water partition coefficient (Wildman–Crippen LogP) is 1.57. The van der Waals surface area contributed by atoms with Crippen LogP contribution in [0, 0.1) is 5.41 Å². The van der Waals surface area contributed by atoms with Crippen LogP contribution in [0.1, 0.15) is 25.3 Å². The van der Waals surface area contributed by atoms with Crippen LogP contribution in [0.2, 0.25) is 0 Å². The van der Waals surface area contributed by atoms with Crippen molar-refractivity contribution in [2.24, 2.45) is 0 Å². The summed E-state index contributed by atoms with van der Waals surface area (Å²) >= 11 is 0. The molecule has 1 aromatic carbocycles. The molecule has 0 aromatic heterocycles. The molecule has 0 aliphatic carbocycles. The highest BCUT2D eigenvalue weighted by Gasteiger charge is 2.34. The van der Waals surface area contributed by atoms with Gasteiger partial charge in [-0.25, -0.2) is 12.7 Å². The molecule has 142 valence electrons. The molecule has 1 saturated heterocycles. The van der Waals surface area contributed by atoms with Crippen molar-refractivity contribution >= 4 is 21.9 Å². The van der Waals surface area contributed by atoms with E-state index in [0.717, 1.165) is 18.4 Å². The summed E-state index contributed by atoms with van der Waals surface area (Å²) in [5.74, 6) is -0.181. The van der Waals surface area contributed by atoms with Crippen LogP contribution in [0.5, 0.6) is 0 Å². The van der Waals surface area contributed by atoms with E-state index >= 15 is 0 Å². The second kappa shape index (κ2) is 8.84. The summed E-state index contributed by atoms with van der Waals surface area (Å²) in [6.45, 7) is 7.48. The monoisotopic (exact) mass is 378 g/mol. The zero-order valence-corrected chi connectivity index (χ0v) is 15.9. The maximum atomic E-state index is 12.8. The zero-order valence-electron chi connectivity index (χ0n) is 15.1. The van der Waals surface area contributed by atoms with Gasteiger partial charge in [-0.1, -0.05) is 32.1 Å². The van der Waals surface area contributed by atoms with Crippen molar-refractivity contribution in [1.82, 2.24) is 14.5 Å². The van der Waals surface area contributed by atoms with Gasteiger partial charge in [-0.3, -0.25) is 10.2 Å². The van der Waals surface area contributed by atoms with Crippen molar-refractivity contribution in [3.63, 3.8) is 0 Å². The number of unbranched alkanes of at least 4 members (excludes halogenated alkanes) is 1. The van der Waals surface area contributed by atoms with Crippen molar-refractivity contribution in [2.45, 2.75) is 31.1 Å². The maximum absolute atomic E-state index is 12.8. The highest BCUT2D eigenvalue weighted by atomic mass is 32.2. The van der Waals surface area contributed by atoms with Gasteiger partial charge in [0.2, 0.25) is 11.9 Å². The van der Waals surface area contributed by atoms with Crippen LogP contribution < -0.4 is 5.32 Å². The standard InChI is InChI=1S/C18H26N4O3S/c1-3-5-12-21-13-14-22(18(21)19)26(24,25)16-8-6-15(7-9-16)10-11-20-17(23)4-2/h4,6-9,19H,2-3,5,10-14H2,1H3,(H,20,23). The summed E-state index contributed by atoms with van der Waals surface area (Å²) in [5.41, 5.74) is 0.925. The minimum absolute atomic E-state index is 0.0506. The molecule has 1 aromatic rings. The van der Waals surface area contributed by atoms with Gasteiger partial charge in [0.05, 0.1) is 11.4 Å². The first-order valence-electron chi connectivity index (χ1n) is 8.75. The van der Waals surface area contributed by atoms with Gasteiger partial charge >= 0.3 is 0 Å². The number of amides is 1. The molecule has 1 fully saturated rings. The van der Waals surface area contributed by atoms with Gasteiger partial charge in [0.1, 0.15) is 0 Å². The molecule has 8 heteroatoms. The first kappa shape index (κ1) is 20.0. The quantitative estimate of drug-likeness (QED) is 0.638. The lowest BCUT2D eigenvalue weighted by atomic mass is 10.1. The van der Waals surface area contributed by atoms with Crippen molar-refractivity contribution in [3.8, 4) is 0 Å². The molecule has 1 heterocycles. The Balaban J connectivity index is 2.02. The minimum atomic E-state index is -3.72. The maximum Gasteiger partial charge on any atom is 0.266 e. The Morgan fingerprint density at radius 3 is 2.62 bits per heavy atom. The van der Waals surface area contributed by atoms with Crippen LogP contribution in [-0.2, 0) is 21.2 Å². The fourth-order valence-electron chi connectivity index (χ4n) is 2.74. The molecule has 0 bridgehead atoms. The topological polar surface area (TPSA) is 93.6 Å². The van der Waals surface area contributed by atoms with Gasteiger partial charge in [0.25, 0.3) is 10.0 Å². The Kier molecular flexibility index (Phi) is 6.79. The highest BCUT2D eigenvalue weighted by Crippen LogP contribution is 2.21. The van der Waals surface area contributed by atoms with E-state index in [4.69, 9.17) is 5.41 Å². The molecule has 2 rings (SSSR count). The Hall–Kier alpha value is -2.35. The molecule has 1 aliphatic rings. The van der Waals surface area contributed by atoms with E-state index in [9.17, 15) is 13.2 Å². The molecular formula is C18H26N4O3S. The Bertz CT molecular complexity index is 759. The van der Waals surface area contributed by atoms with Gasteiger partial charge in [0, 0.05) is 19.6 Å². The number of guanidine groups is 1. The van der Waals surface area contributed by atoms with Crippen LogP contribution in [0.4, 0.5) is 0 Å². The lowest BCUT2D eigenvalue weighted by molar-refractivity contribution is -0.116. The highest BCUT2D eigenvalue weighted by molar-refractivity contribution is 7.89. The number of nitrogens with zero attached hydrogens (tertiary/aromatic N) is 2. The lowest BCUT2D eigenvalue weighted by Gasteiger charge is -2.21. The van der Waals surface area contributed by atoms with Crippen molar-refractivity contribution in [2.75, 3.05) is 26.2 Å². The third-order valence-corrected chi connectivity index (χ3v) is 6.10. The van der Waals surface area contributed by atoms with E-state index in [2.05, 4.69) is 18.8 Å². The number of rotatable bonds is 9. The molecule has 1 amide bonds. The summed E-state index contributed by atoms with van der Waals surface area (Å²) in [7, 11) is -3.72. The molecule has 0 spiro atoms. The molecule has 0 unspecified atom stereocenters. The summed E-state index contributed by atoms with van der Waals surface area (Å²) in [6, 6.07) is 6.59. The van der Waals surface area contributed by atoms with E-state index in [-0.39, 0.29) is 16.8 Å². The smallest absolute Gasteiger partial charge is 0.266 e. The second-order valence-electron chi connectivity index (χ2n) is 6.13. The molecular weight excluding hydrogens is 352 g/mol. The largest absolute Gasteiger partial charge is 0.352 e. The van der Waals surface area contributed by atoms with Gasteiger partial charge in [-0.15, -0.1) is 0 Å². The second-order valence-corrected chi connectivity index (χ2v) is 7.99. The number of benzene rings is 1.